The van der Waals surface area contributed by atoms with Crippen molar-refractivity contribution in [3.63, 3.8) is 0 Å². The van der Waals surface area contributed by atoms with E-state index in [0.717, 1.165) is 24.6 Å². The van der Waals surface area contributed by atoms with E-state index in [2.05, 4.69) is 18.7 Å². The van der Waals surface area contributed by atoms with Crippen LogP contribution in [0.1, 0.15) is 36.2 Å². The molecule has 1 saturated heterocycles. The topological polar surface area (TPSA) is 40.5 Å². The second-order valence-electron chi connectivity index (χ2n) is 5.50. The highest BCUT2D eigenvalue weighted by atomic mass is 16.4. The maximum absolute atomic E-state index is 10.9. The van der Waals surface area contributed by atoms with Crippen LogP contribution < -0.4 is 4.90 Å². The zero-order chi connectivity index (χ0) is 13.3. The van der Waals surface area contributed by atoms with Gasteiger partial charge in [0.1, 0.15) is 0 Å². The highest BCUT2D eigenvalue weighted by molar-refractivity contribution is 5.88. The first kappa shape index (κ1) is 12.9. The number of hydrogen-bond donors (Lipinski definition) is 1. The number of hydrogen-bond acceptors (Lipinski definition) is 2. The van der Waals surface area contributed by atoms with Gasteiger partial charge in [-0.3, -0.25) is 0 Å². The summed E-state index contributed by atoms with van der Waals surface area (Å²) in [7, 11) is 0. The number of anilines is 1. The zero-order valence-corrected chi connectivity index (χ0v) is 11.3. The lowest BCUT2D eigenvalue weighted by molar-refractivity contribution is 0.0697. The van der Waals surface area contributed by atoms with E-state index in [9.17, 15) is 4.79 Å². The fourth-order valence-corrected chi connectivity index (χ4v) is 2.62. The van der Waals surface area contributed by atoms with Crippen molar-refractivity contribution in [3.8, 4) is 0 Å². The quantitative estimate of drug-likeness (QED) is 0.872. The first-order chi connectivity index (χ1) is 8.49. The Balaban J connectivity index is 2.21. The van der Waals surface area contributed by atoms with Crippen molar-refractivity contribution in [2.45, 2.75) is 27.2 Å². The number of nitrogens with zero attached hydrogens (tertiary/aromatic N) is 1. The third kappa shape index (κ3) is 2.50. The smallest absolute Gasteiger partial charge is 0.335 e. The fraction of sp³-hybridized carbons (Fsp3) is 0.533. The van der Waals surface area contributed by atoms with Crippen LogP contribution in [0, 0.1) is 18.8 Å². The molecule has 0 radical (unpaired) electrons. The Labute approximate surface area is 108 Å². The number of aromatic carboxylic acids is 1. The van der Waals surface area contributed by atoms with Gasteiger partial charge in [0, 0.05) is 18.8 Å². The van der Waals surface area contributed by atoms with Crippen molar-refractivity contribution < 1.29 is 9.90 Å². The number of carboxylic acids is 1. The normalized spacial score (nSPS) is 24.1. The number of carboxylic acid groups (broad SMARTS) is 1. The zero-order valence-electron chi connectivity index (χ0n) is 11.3. The van der Waals surface area contributed by atoms with Gasteiger partial charge in [-0.05, 0) is 48.9 Å². The molecule has 1 aliphatic rings. The molecule has 0 amide bonds. The van der Waals surface area contributed by atoms with E-state index in [4.69, 9.17) is 5.11 Å². The number of rotatable bonds is 2. The maximum Gasteiger partial charge on any atom is 0.335 e. The van der Waals surface area contributed by atoms with Crippen molar-refractivity contribution in [2.75, 3.05) is 18.0 Å². The molecule has 1 heterocycles. The molecule has 0 saturated carbocycles. The minimum Gasteiger partial charge on any atom is -0.478 e. The summed E-state index contributed by atoms with van der Waals surface area (Å²) in [4.78, 5) is 13.3. The molecule has 2 atom stereocenters. The molecule has 0 spiro atoms. The molecular formula is C15H21NO2. The summed E-state index contributed by atoms with van der Waals surface area (Å²) in [5, 5.41) is 8.97. The molecule has 98 valence electrons. The molecule has 1 aliphatic heterocycles. The van der Waals surface area contributed by atoms with E-state index in [-0.39, 0.29) is 0 Å². The summed E-state index contributed by atoms with van der Waals surface area (Å²) in [6.45, 7) is 8.72. The van der Waals surface area contributed by atoms with Gasteiger partial charge in [0.05, 0.1) is 5.56 Å². The van der Waals surface area contributed by atoms with Crippen LogP contribution in [0.15, 0.2) is 18.2 Å². The first-order valence-corrected chi connectivity index (χ1v) is 6.58. The Morgan fingerprint density at radius 3 is 2.61 bits per heavy atom. The number of aryl methyl sites for hydroxylation is 1. The van der Waals surface area contributed by atoms with Gasteiger partial charge in [-0.25, -0.2) is 4.79 Å². The first-order valence-electron chi connectivity index (χ1n) is 6.58. The van der Waals surface area contributed by atoms with Crippen LogP contribution in [0.5, 0.6) is 0 Å². The third-order valence-corrected chi connectivity index (χ3v) is 4.12. The van der Waals surface area contributed by atoms with Crippen LogP contribution in [0.2, 0.25) is 0 Å². The van der Waals surface area contributed by atoms with E-state index in [1.165, 1.54) is 12.1 Å². The SMILES string of the molecule is Cc1cc(C(=O)O)ccc1N1CCC(C)C(C)C1. The van der Waals surface area contributed by atoms with Crippen LogP contribution in [0.4, 0.5) is 5.69 Å². The second kappa shape index (κ2) is 5.01. The number of piperidine rings is 1. The minimum absolute atomic E-state index is 0.370. The van der Waals surface area contributed by atoms with Crippen molar-refractivity contribution in [1.82, 2.24) is 0 Å². The van der Waals surface area contributed by atoms with Crippen LogP contribution in [0.3, 0.4) is 0 Å². The van der Waals surface area contributed by atoms with Crippen LogP contribution >= 0.6 is 0 Å². The average molecular weight is 247 g/mol. The summed E-state index contributed by atoms with van der Waals surface area (Å²) >= 11 is 0. The van der Waals surface area contributed by atoms with E-state index in [1.807, 2.05) is 13.0 Å². The molecule has 0 bridgehead atoms. The largest absolute Gasteiger partial charge is 0.478 e. The Kier molecular flexibility index (Phi) is 3.60. The molecule has 18 heavy (non-hydrogen) atoms. The molecule has 1 N–H and O–H groups in total. The van der Waals surface area contributed by atoms with E-state index in [1.54, 1.807) is 12.1 Å². The molecule has 1 aromatic rings. The highest BCUT2D eigenvalue weighted by Crippen LogP contribution is 2.29. The summed E-state index contributed by atoms with van der Waals surface area (Å²) in [6.07, 6.45) is 1.21. The standard InChI is InChI=1S/C15H21NO2/c1-10-6-7-16(9-12(10)3)14-5-4-13(15(17)18)8-11(14)2/h4-5,8,10,12H,6-7,9H2,1-3H3,(H,17,18). The summed E-state index contributed by atoms with van der Waals surface area (Å²) in [5.74, 6) is 0.613. The van der Waals surface area contributed by atoms with Gasteiger partial charge in [-0.1, -0.05) is 13.8 Å². The summed E-state index contributed by atoms with van der Waals surface area (Å²) < 4.78 is 0. The maximum atomic E-state index is 10.9. The lowest BCUT2D eigenvalue weighted by Crippen LogP contribution is -2.38. The average Bonchev–Trinajstić information content (AvgIpc) is 2.32. The second-order valence-corrected chi connectivity index (χ2v) is 5.50. The van der Waals surface area contributed by atoms with Gasteiger partial charge in [-0.15, -0.1) is 0 Å². The summed E-state index contributed by atoms with van der Waals surface area (Å²) in [6, 6.07) is 5.41. The minimum atomic E-state index is -0.856. The van der Waals surface area contributed by atoms with Gasteiger partial charge in [-0.2, -0.15) is 0 Å². The van der Waals surface area contributed by atoms with E-state index < -0.39 is 5.97 Å². The highest BCUT2D eigenvalue weighted by Gasteiger charge is 2.23. The van der Waals surface area contributed by atoms with Crippen molar-refractivity contribution in [3.05, 3.63) is 29.3 Å². The lowest BCUT2D eigenvalue weighted by Gasteiger charge is -2.37. The van der Waals surface area contributed by atoms with Crippen molar-refractivity contribution in [1.29, 1.82) is 0 Å². The molecule has 0 aliphatic carbocycles. The van der Waals surface area contributed by atoms with Crippen LogP contribution in [0.25, 0.3) is 0 Å². The van der Waals surface area contributed by atoms with Gasteiger partial charge in [0.15, 0.2) is 0 Å². The molecular weight excluding hydrogens is 226 g/mol. The molecule has 3 nitrogen and oxygen atoms in total. The Hall–Kier alpha value is -1.51. The van der Waals surface area contributed by atoms with Crippen LogP contribution in [-0.4, -0.2) is 24.2 Å². The van der Waals surface area contributed by atoms with Gasteiger partial charge in [0.2, 0.25) is 0 Å². The Morgan fingerprint density at radius 2 is 2.06 bits per heavy atom. The number of carbonyl (C=O) groups is 1. The molecule has 3 heteroatoms. The van der Waals surface area contributed by atoms with Crippen LogP contribution in [-0.2, 0) is 0 Å². The van der Waals surface area contributed by atoms with Gasteiger partial charge >= 0.3 is 5.97 Å². The van der Waals surface area contributed by atoms with E-state index in [0.29, 0.717) is 11.5 Å². The predicted molar refractivity (Wildman–Crippen MR) is 73.3 cm³/mol. The van der Waals surface area contributed by atoms with Crippen molar-refractivity contribution >= 4 is 11.7 Å². The predicted octanol–water partition coefficient (Wildman–Crippen LogP) is 3.18. The fourth-order valence-electron chi connectivity index (χ4n) is 2.62. The molecule has 1 aromatic carbocycles. The monoisotopic (exact) mass is 247 g/mol. The Morgan fingerprint density at radius 1 is 1.33 bits per heavy atom. The molecule has 2 unspecified atom stereocenters. The lowest BCUT2D eigenvalue weighted by atomic mass is 9.88. The summed E-state index contributed by atoms with van der Waals surface area (Å²) in [5.41, 5.74) is 2.60. The third-order valence-electron chi connectivity index (χ3n) is 4.12. The molecule has 2 rings (SSSR count). The molecule has 1 fully saturated rings. The van der Waals surface area contributed by atoms with E-state index >= 15 is 0 Å². The Bertz CT molecular complexity index is 456. The number of benzene rings is 1. The van der Waals surface area contributed by atoms with Gasteiger partial charge in [0.25, 0.3) is 0 Å². The van der Waals surface area contributed by atoms with Gasteiger partial charge < -0.3 is 10.0 Å². The molecule has 0 aromatic heterocycles. The van der Waals surface area contributed by atoms with Crippen molar-refractivity contribution in [2.24, 2.45) is 11.8 Å².